The second-order valence-electron chi connectivity index (χ2n) is 3.83. The predicted octanol–water partition coefficient (Wildman–Crippen LogP) is 3.13. The van der Waals surface area contributed by atoms with Crippen LogP contribution in [0.4, 0.5) is 18.9 Å². The molecule has 0 bridgehead atoms. The number of nitrogens with zero attached hydrogens (tertiary/aromatic N) is 2. The van der Waals surface area contributed by atoms with Gasteiger partial charge in [-0.1, -0.05) is 0 Å². The molecule has 0 saturated heterocycles. The Balaban J connectivity index is 2.57. The van der Waals surface area contributed by atoms with Crippen LogP contribution in [0.15, 0.2) is 24.3 Å². The summed E-state index contributed by atoms with van der Waals surface area (Å²) in [5.74, 6) is -0.299. The van der Waals surface area contributed by atoms with E-state index in [2.05, 4.69) is 10.1 Å². The zero-order valence-electron chi connectivity index (χ0n) is 10.6. The van der Waals surface area contributed by atoms with Crippen LogP contribution in [0, 0.1) is 11.3 Å². The van der Waals surface area contributed by atoms with Crippen molar-refractivity contribution in [1.82, 2.24) is 4.90 Å². The molecule has 0 aliphatic carbocycles. The molecule has 1 aromatic carbocycles. The van der Waals surface area contributed by atoms with Crippen LogP contribution in [-0.4, -0.2) is 30.0 Å². The van der Waals surface area contributed by atoms with Crippen molar-refractivity contribution in [2.24, 2.45) is 0 Å². The van der Waals surface area contributed by atoms with Crippen molar-refractivity contribution < 1.29 is 17.9 Å². The third kappa shape index (κ3) is 5.75. The second-order valence-corrected chi connectivity index (χ2v) is 4.22. The van der Waals surface area contributed by atoms with E-state index < -0.39 is 6.36 Å². The fraction of sp³-hybridized carbons (Fsp3) is 0.333. The normalized spacial score (nSPS) is 10.6. The monoisotopic (exact) mass is 303 g/mol. The van der Waals surface area contributed by atoms with Crippen LogP contribution in [0.25, 0.3) is 0 Å². The topological polar surface area (TPSA) is 48.3 Å². The number of benzene rings is 1. The standard InChI is InChI=1S/C12H12F3N3OS/c1-18(8-2-7-16)11(20)17-9-3-5-10(6-4-9)19-12(13,14)15/h3-6H,2,8H2,1H3,(H,17,20). The molecule has 0 atom stereocenters. The summed E-state index contributed by atoms with van der Waals surface area (Å²) in [5.41, 5.74) is 0.535. The molecule has 0 saturated carbocycles. The lowest BCUT2D eigenvalue weighted by Crippen LogP contribution is -2.31. The van der Waals surface area contributed by atoms with Crippen molar-refractivity contribution in [1.29, 1.82) is 5.26 Å². The molecule has 1 rings (SSSR count). The third-order valence-electron chi connectivity index (χ3n) is 2.24. The number of alkyl halides is 3. The van der Waals surface area contributed by atoms with Crippen LogP contribution in [0.2, 0.25) is 0 Å². The van der Waals surface area contributed by atoms with Gasteiger partial charge in [0.1, 0.15) is 5.75 Å². The summed E-state index contributed by atoms with van der Waals surface area (Å²) in [7, 11) is 1.72. The fourth-order valence-electron chi connectivity index (χ4n) is 1.28. The summed E-state index contributed by atoms with van der Waals surface area (Å²) in [6.45, 7) is 0.470. The molecule has 0 aromatic heterocycles. The van der Waals surface area contributed by atoms with Crippen LogP contribution in [0.5, 0.6) is 5.75 Å². The van der Waals surface area contributed by atoms with E-state index in [0.717, 1.165) is 0 Å². The number of rotatable bonds is 4. The van der Waals surface area contributed by atoms with Crippen molar-refractivity contribution in [3.63, 3.8) is 0 Å². The van der Waals surface area contributed by atoms with E-state index in [1.165, 1.54) is 24.3 Å². The van der Waals surface area contributed by atoms with E-state index in [-0.39, 0.29) is 5.75 Å². The van der Waals surface area contributed by atoms with Gasteiger partial charge in [-0.15, -0.1) is 13.2 Å². The first kappa shape index (κ1) is 16.0. The summed E-state index contributed by atoms with van der Waals surface area (Å²) in [5, 5.41) is 11.7. The van der Waals surface area contributed by atoms with Crippen LogP contribution >= 0.6 is 12.2 Å². The SMILES string of the molecule is CN(CCC#N)C(=S)Nc1ccc(OC(F)(F)F)cc1. The Bertz CT molecular complexity index is 496. The summed E-state index contributed by atoms with van der Waals surface area (Å²) >= 11 is 5.09. The van der Waals surface area contributed by atoms with Crippen molar-refractivity contribution >= 4 is 23.0 Å². The van der Waals surface area contributed by atoms with Gasteiger partial charge >= 0.3 is 6.36 Å². The van der Waals surface area contributed by atoms with Crippen LogP contribution in [0.1, 0.15) is 6.42 Å². The maximum atomic E-state index is 12.0. The Morgan fingerprint density at radius 2 is 2.00 bits per heavy atom. The zero-order valence-corrected chi connectivity index (χ0v) is 11.4. The van der Waals surface area contributed by atoms with Crippen molar-refractivity contribution in [3.8, 4) is 11.8 Å². The van der Waals surface area contributed by atoms with Gasteiger partial charge in [-0.2, -0.15) is 5.26 Å². The number of halogens is 3. The molecule has 0 aliphatic rings. The summed E-state index contributed by atoms with van der Waals surface area (Å²) in [6.07, 6.45) is -4.38. The number of thiocarbonyl (C=S) groups is 1. The molecule has 1 aromatic rings. The van der Waals surface area contributed by atoms with Gasteiger partial charge in [-0.25, -0.2) is 0 Å². The van der Waals surface area contributed by atoms with Crippen molar-refractivity contribution in [2.45, 2.75) is 12.8 Å². The molecule has 0 fully saturated rings. The summed E-state index contributed by atoms with van der Waals surface area (Å²) in [4.78, 5) is 1.67. The van der Waals surface area contributed by atoms with Gasteiger partial charge in [-0.05, 0) is 36.5 Å². The van der Waals surface area contributed by atoms with E-state index in [4.69, 9.17) is 17.5 Å². The third-order valence-corrected chi connectivity index (χ3v) is 2.66. The van der Waals surface area contributed by atoms with E-state index in [9.17, 15) is 13.2 Å². The van der Waals surface area contributed by atoms with Gasteiger partial charge in [-0.3, -0.25) is 0 Å². The first-order valence-corrected chi connectivity index (χ1v) is 5.97. The lowest BCUT2D eigenvalue weighted by atomic mass is 10.3. The molecule has 20 heavy (non-hydrogen) atoms. The fourth-order valence-corrected chi connectivity index (χ4v) is 1.49. The molecule has 8 heteroatoms. The lowest BCUT2D eigenvalue weighted by Gasteiger charge is -2.19. The first-order chi connectivity index (χ1) is 9.31. The quantitative estimate of drug-likeness (QED) is 0.866. The highest BCUT2D eigenvalue weighted by atomic mass is 32.1. The van der Waals surface area contributed by atoms with Gasteiger partial charge in [0.05, 0.1) is 12.5 Å². The molecular formula is C12H12F3N3OS. The first-order valence-electron chi connectivity index (χ1n) is 5.56. The van der Waals surface area contributed by atoms with E-state index in [1.807, 2.05) is 6.07 Å². The molecular weight excluding hydrogens is 291 g/mol. The summed E-state index contributed by atoms with van der Waals surface area (Å²) in [6, 6.07) is 7.22. The van der Waals surface area contributed by atoms with Crippen molar-refractivity contribution in [2.75, 3.05) is 18.9 Å². The number of anilines is 1. The van der Waals surface area contributed by atoms with Gasteiger partial charge in [0.25, 0.3) is 0 Å². The Morgan fingerprint density at radius 3 is 2.50 bits per heavy atom. The highest BCUT2D eigenvalue weighted by Crippen LogP contribution is 2.23. The Labute approximate surface area is 119 Å². The van der Waals surface area contributed by atoms with E-state index >= 15 is 0 Å². The predicted molar refractivity (Wildman–Crippen MR) is 72.2 cm³/mol. The van der Waals surface area contributed by atoms with Crippen molar-refractivity contribution in [3.05, 3.63) is 24.3 Å². The molecule has 0 amide bonds. The van der Waals surface area contributed by atoms with Gasteiger partial charge in [0.2, 0.25) is 0 Å². The molecule has 0 radical (unpaired) electrons. The minimum Gasteiger partial charge on any atom is -0.406 e. The lowest BCUT2D eigenvalue weighted by molar-refractivity contribution is -0.274. The Morgan fingerprint density at radius 1 is 1.40 bits per heavy atom. The Kier molecular flexibility index (Phi) is 5.58. The molecule has 0 aliphatic heterocycles. The highest BCUT2D eigenvalue weighted by molar-refractivity contribution is 7.80. The van der Waals surface area contributed by atoms with Crippen LogP contribution < -0.4 is 10.1 Å². The second kappa shape index (κ2) is 6.96. The van der Waals surface area contributed by atoms with E-state index in [1.54, 1.807) is 11.9 Å². The molecule has 4 nitrogen and oxygen atoms in total. The number of ether oxygens (including phenoxy) is 1. The van der Waals surface area contributed by atoms with Gasteiger partial charge in [0.15, 0.2) is 5.11 Å². The molecule has 108 valence electrons. The maximum absolute atomic E-state index is 12.0. The average Bonchev–Trinajstić information content (AvgIpc) is 2.36. The van der Waals surface area contributed by atoms with E-state index in [0.29, 0.717) is 23.8 Å². The number of nitrogens with one attached hydrogen (secondary N) is 1. The minimum absolute atomic E-state index is 0.299. The average molecular weight is 303 g/mol. The number of nitriles is 1. The zero-order chi connectivity index (χ0) is 15.2. The molecule has 0 unspecified atom stereocenters. The number of hydrogen-bond acceptors (Lipinski definition) is 3. The largest absolute Gasteiger partial charge is 0.573 e. The van der Waals surface area contributed by atoms with Crippen LogP contribution in [-0.2, 0) is 0 Å². The molecule has 0 heterocycles. The Hall–Kier alpha value is -2.01. The molecule has 0 spiro atoms. The number of hydrogen-bond donors (Lipinski definition) is 1. The van der Waals surface area contributed by atoms with Crippen LogP contribution in [0.3, 0.4) is 0 Å². The minimum atomic E-state index is -4.71. The van der Waals surface area contributed by atoms with Gasteiger partial charge in [0, 0.05) is 19.3 Å². The highest BCUT2D eigenvalue weighted by Gasteiger charge is 2.30. The maximum Gasteiger partial charge on any atom is 0.573 e. The smallest absolute Gasteiger partial charge is 0.406 e. The summed E-state index contributed by atoms with van der Waals surface area (Å²) < 4.78 is 39.7. The molecule has 1 N–H and O–H groups in total. The van der Waals surface area contributed by atoms with Gasteiger partial charge < -0.3 is 15.0 Å².